The number of allylic oxidation sites excluding steroid dienone is 2. The fourth-order valence-electron chi connectivity index (χ4n) is 4.01. The molecule has 1 heterocycles. The van der Waals surface area contributed by atoms with Gasteiger partial charge in [0.15, 0.2) is 0 Å². The number of benzene rings is 2. The molecule has 0 spiro atoms. The standard InChI is InChI=1S/C20H20ClNO/c1-12-9-14(21)11-18-16-7-4-8-17(16)20(22-19(12)18)13-5-3-6-15(10-13)23-2/h3-7,9-11,16-17,20,22H,8H2,1-2H3/t16-,17+,20+/m1/s1. The van der Waals surface area contributed by atoms with Gasteiger partial charge in [-0.3, -0.25) is 0 Å². The van der Waals surface area contributed by atoms with E-state index in [9.17, 15) is 0 Å². The lowest BCUT2D eigenvalue weighted by Crippen LogP contribution is -2.29. The maximum atomic E-state index is 6.30. The molecule has 0 amide bonds. The highest BCUT2D eigenvalue weighted by Crippen LogP contribution is 2.51. The molecule has 0 radical (unpaired) electrons. The van der Waals surface area contributed by atoms with E-state index in [0.29, 0.717) is 11.8 Å². The van der Waals surface area contributed by atoms with Gasteiger partial charge in [0.05, 0.1) is 13.2 Å². The first-order chi connectivity index (χ1) is 11.2. The van der Waals surface area contributed by atoms with Gasteiger partial charge in [0.1, 0.15) is 5.75 Å². The number of halogens is 1. The topological polar surface area (TPSA) is 21.3 Å². The largest absolute Gasteiger partial charge is 0.497 e. The maximum Gasteiger partial charge on any atom is 0.119 e. The Hall–Kier alpha value is -1.93. The lowest BCUT2D eigenvalue weighted by atomic mass is 9.76. The van der Waals surface area contributed by atoms with Gasteiger partial charge in [-0.15, -0.1) is 0 Å². The van der Waals surface area contributed by atoms with Crippen LogP contribution in [0.5, 0.6) is 5.75 Å². The van der Waals surface area contributed by atoms with Crippen LogP contribution in [0.25, 0.3) is 0 Å². The van der Waals surface area contributed by atoms with Crippen molar-refractivity contribution < 1.29 is 4.74 Å². The van der Waals surface area contributed by atoms with Gasteiger partial charge in [0.2, 0.25) is 0 Å². The van der Waals surface area contributed by atoms with Crippen LogP contribution < -0.4 is 10.1 Å². The van der Waals surface area contributed by atoms with E-state index >= 15 is 0 Å². The van der Waals surface area contributed by atoms with Crippen LogP contribution in [0.15, 0.2) is 48.6 Å². The van der Waals surface area contributed by atoms with Crippen LogP contribution in [0.4, 0.5) is 5.69 Å². The number of anilines is 1. The average Bonchev–Trinajstić information content (AvgIpc) is 3.04. The Balaban J connectivity index is 1.81. The molecule has 23 heavy (non-hydrogen) atoms. The third-order valence-electron chi connectivity index (χ3n) is 5.08. The Bertz CT molecular complexity index is 783. The highest BCUT2D eigenvalue weighted by atomic mass is 35.5. The van der Waals surface area contributed by atoms with E-state index in [-0.39, 0.29) is 6.04 Å². The fraction of sp³-hybridized carbons (Fsp3) is 0.300. The van der Waals surface area contributed by atoms with Crippen molar-refractivity contribution in [3.05, 3.63) is 70.3 Å². The van der Waals surface area contributed by atoms with Gasteiger partial charge in [-0.2, -0.15) is 0 Å². The minimum atomic E-state index is 0.289. The molecule has 1 aliphatic heterocycles. The molecular formula is C20H20ClNO. The summed E-state index contributed by atoms with van der Waals surface area (Å²) in [6.07, 6.45) is 5.73. The Kier molecular flexibility index (Phi) is 3.57. The molecule has 0 unspecified atom stereocenters. The molecule has 2 aromatic rings. The van der Waals surface area contributed by atoms with Crippen molar-refractivity contribution in [1.82, 2.24) is 0 Å². The number of hydrogen-bond donors (Lipinski definition) is 1. The fourth-order valence-corrected chi connectivity index (χ4v) is 4.29. The van der Waals surface area contributed by atoms with E-state index in [2.05, 4.69) is 48.7 Å². The van der Waals surface area contributed by atoms with Gasteiger partial charge >= 0.3 is 0 Å². The summed E-state index contributed by atoms with van der Waals surface area (Å²) in [7, 11) is 1.72. The summed E-state index contributed by atoms with van der Waals surface area (Å²) in [5.74, 6) is 1.86. The number of ether oxygens (including phenoxy) is 1. The van der Waals surface area contributed by atoms with Crippen LogP contribution in [0.1, 0.15) is 35.1 Å². The molecule has 0 saturated carbocycles. The van der Waals surface area contributed by atoms with Crippen molar-refractivity contribution in [2.75, 3.05) is 12.4 Å². The predicted octanol–water partition coefficient (Wildman–Crippen LogP) is 5.48. The highest BCUT2D eigenvalue weighted by Gasteiger charge is 2.38. The number of methoxy groups -OCH3 is 1. The number of rotatable bonds is 2. The average molecular weight is 326 g/mol. The highest BCUT2D eigenvalue weighted by molar-refractivity contribution is 6.30. The molecule has 0 saturated heterocycles. The Morgan fingerprint density at radius 3 is 2.91 bits per heavy atom. The third-order valence-corrected chi connectivity index (χ3v) is 5.30. The van der Waals surface area contributed by atoms with Crippen molar-refractivity contribution in [1.29, 1.82) is 0 Å². The molecule has 3 atom stereocenters. The van der Waals surface area contributed by atoms with Crippen LogP contribution in [0.2, 0.25) is 5.02 Å². The predicted molar refractivity (Wildman–Crippen MR) is 95.5 cm³/mol. The van der Waals surface area contributed by atoms with Crippen molar-refractivity contribution >= 4 is 17.3 Å². The summed E-state index contributed by atoms with van der Waals surface area (Å²) in [6.45, 7) is 2.12. The second kappa shape index (κ2) is 5.61. The SMILES string of the molecule is COc1cccc([C@@H]2Nc3c(C)cc(Cl)cc3[C@@H]3C=CC[C@@H]32)c1. The number of aryl methyl sites for hydroxylation is 1. The number of fused-ring (bicyclic) bond motifs is 3. The lowest BCUT2D eigenvalue weighted by molar-refractivity contribution is 0.406. The second-order valence-corrected chi connectivity index (χ2v) is 6.88. The van der Waals surface area contributed by atoms with Gasteiger partial charge < -0.3 is 10.1 Å². The van der Waals surface area contributed by atoms with Crippen molar-refractivity contribution in [3.63, 3.8) is 0 Å². The first kappa shape index (κ1) is 14.6. The molecule has 2 aliphatic rings. The van der Waals surface area contributed by atoms with E-state index in [1.165, 1.54) is 22.4 Å². The Morgan fingerprint density at radius 1 is 1.22 bits per heavy atom. The lowest BCUT2D eigenvalue weighted by Gasteiger charge is -2.38. The maximum absolute atomic E-state index is 6.30. The number of hydrogen-bond acceptors (Lipinski definition) is 2. The first-order valence-corrected chi connectivity index (χ1v) is 8.42. The zero-order valence-electron chi connectivity index (χ0n) is 13.3. The van der Waals surface area contributed by atoms with Crippen molar-refractivity contribution in [2.24, 2.45) is 5.92 Å². The summed E-state index contributed by atoms with van der Waals surface area (Å²) in [5.41, 5.74) is 5.05. The minimum absolute atomic E-state index is 0.289. The molecule has 2 aromatic carbocycles. The summed E-state index contributed by atoms with van der Waals surface area (Å²) in [4.78, 5) is 0. The van der Waals surface area contributed by atoms with Gasteiger partial charge in [-0.25, -0.2) is 0 Å². The van der Waals surface area contributed by atoms with E-state index in [0.717, 1.165) is 17.2 Å². The molecule has 1 N–H and O–H groups in total. The Morgan fingerprint density at radius 2 is 2.09 bits per heavy atom. The van der Waals surface area contributed by atoms with Crippen LogP contribution >= 0.6 is 11.6 Å². The van der Waals surface area contributed by atoms with Crippen molar-refractivity contribution in [2.45, 2.75) is 25.3 Å². The van der Waals surface area contributed by atoms with Crippen molar-refractivity contribution in [3.8, 4) is 5.75 Å². The number of nitrogens with one attached hydrogen (secondary N) is 1. The zero-order chi connectivity index (χ0) is 16.0. The molecule has 4 rings (SSSR count). The molecule has 0 bridgehead atoms. The third kappa shape index (κ3) is 2.42. The van der Waals surface area contributed by atoms with Gasteiger partial charge in [-0.1, -0.05) is 35.9 Å². The normalized spacial score (nSPS) is 24.7. The van der Waals surface area contributed by atoms with E-state index in [4.69, 9.17) is 16.3 Å². The van der Waals surface area contributed by atoms with E-state index in [1.807, 2.05) is 12.1 Å². The summed E-state index contributed by atoms with van der Waals surface area (Å²) in [6, 6.07) is 12.8. The van der Waals surface area contributed by atoms with Gasteiger partial charge in [0, 0.05) is 16.6 Å². The first-order valence-electron chi connectivity index (χ1n) is 8.04. The zero-order valence-corrected chi connectivity index (χ0v) is 14.1. The van der Waals surface area contributed by atoms with Crippen LogP contribution in [0, 0.1) is 12.8 Å². The summed E-state index contributed by atoms with van der Waals surface area (Å²) in [5, 5.41) is 4.60. The second-order valence-electron chi connectivity index (χ2n) is 6.44. The van der Waals surface area contributed by atoms with Gasteiger partial charge in [0.25, 0.3) is 0 Å². The quantitative estimate of drug-likeness (QED) is 0.738. The minimum Gasteiger partial charge on any atom is -0.497 e. The Labute approximate surface area is 142 Å². The van der Waals surface area contributed by atoms with E-state index < -0.39 is 0 Å². The monoisotopic (exact) mass is 325 g/mol. The summed E-state index contributed by atoms with van der Waals surface area (Å²) < 4.78 is 5.41. The molecule has 3 heteroatoms. The molecule has 1 aliphatic carbocycles. The van der Waals surface area contributed by atoms with Gasteiger partial charge in [-0.05, 0) is 60.2 Å². The molecule has 0 fully saturated rings. The van der Waals surface area contributed by atoms with Crippen LogP contribution in [-0.4, -0.2) is 7.11 Å². The molecular weight excluding hydrogens is 306 g/mol. The van der Waals surface area contributed by atoms with Crippen LogP contribution in [0.3, 0.4) is 0 Å². The molecule has 0 aromatic heterocycles. The molecule has 118 valence electrons. The molecule has 2 nitrogen and oxygen atoms in total. The smallest absolute Gasteiger partial charge is 0.119 e. The van der Waals surface area contributed by atoms with Crippen LogP contribution in [-0.2, 0) is 0 Å². The van der Waals surface area contributed by atoms with E-state index in [1.54, 1.807) is 7.11 Å². The summed E-state index contributed by atoms with van der Waals surface area (Å²) >= 11 is 6.30.